The number of hydrogen-bond acceptors (Lipinski definition) is 1. The van der Waals surface area contributed by atoms with Crippen molar-refractivity contribution in [1.29, 1.82) is 0 Å². The minimum absolute atomic E-state index is 0.0255. The number of carbonyl (C=O) groups excluding carboxylic acids is 1. The number of hydrogen-bond donors (Lipinski definition) is 0. The molecule has 9 heavy (non-hydrogen) atoms. The van der Waals surface area contributed by atoms with Crippen molar-refractivity contribution in [3.05, 3.63) is 0 Å². The van der Waals surface area contributed by atoms with E-state index in [-0.39, 0.29) is 10.2 Å². The highest BCUT2D eigenvalue weighted by Crippen LogP contribution is 2.23. The van der Waals surface area contributed by atoms with E-state index in [2.05, 4.69) is 36.7 Å². The molecule has 1 atom stereocenters. The molecule has 0 rings (SSSR count). The molecular weight excluding hydrogens is 180 g/mol. The van der Waals surface area contributed by atoms with Crippen molar-refractivity contribution in [2.24, 2.45) is 5.41 Å². The molecule has 0 aromatic rings. The lowest BCUT2D eigenvalue weighted by Gasteiger charge is -2.18. The lowest BCUT2D eigenvalue weighted by molar-refractivity contribution is -0.107. The first-order chi connectivity index (χ1) is 3.95. The maximum Gasteiger partial charge on any atom is 0.133 e. The first kappa shape index (κ1) is 9.15. The van der Waals surface area contributed by atoms with E-state index in [0.29, 0.717) is 0 Å². The van der Waals surface area contributed by atoms with E-state index in [9.17, 15) is 4.79 Å². The fourth-order valence-electron chi connectivity index (χ4n) is 0.633. The Hall–Kier alpha value is 0.150. The predicted molar refractivity (Wildman–Crippen MR) is 42.9 cm³/mol. The van der Waals surface area contributed by atoms with E-state index < -0.39 is 0 Å². The van der Waals surface area contributed by atoms with Gasteiger partial charge in [0.2, 0.25) is 0 Å². The topological polar surface area (TPSA) is 17.1 Å². The van der Waals surface area contributed by atoms with Crippen LogP contribution in [0.3, 0.4) is 0 Å². The van der Waals surface area contributed by atoms with Gasteiger partial charge in [-0.25, -0.2) is 0 Å². The summed E-state index contributed by atoms with van der Waals surface area (Å²) in [4.78, 5) is 10.2. The van der Waals surface area contributed by atoms with Gasteiger partial charge in [-0.3, -0.25) is 0 Å². The lowest BCUT2D eigenvalue weighted by Crippen LogP contribution is -2.13. The Morgan fingerprint density at radius 2 is 2.00 bits per heavy atom. The molecule has 0 amide bonds. The Labute approximate surface area is 65.0 Å². The smallest absolute Gasteiger partial charge is 0.133 e. The predicted octanol–water partition coefficient (Wildman–Crippen LogP) is 2.39. The van der Waals surface area contributed by atoms with Gasteiger partial charge in [-0.15, -0.1) is 0 Å². The van der Waals surface area contributed by atoms with Crippen LogP contribution in [0.4, 0.5) is 0 Å². The highest BCUT2D eigenvalue weighted by molar-refractivity contribution is 9.09. The maximum atomic E-state index is 10.1. The largest absolute Gasteiger partial charge is 0.302 e. The summed E-state index contributed by atoms with van der Waals surface area (Å²) in [5.41, 5.74) is 0.245. The van der Waals surface area contributed by atoms with Crippen LogP contribution in [0.25, 0.3) is 0 Å². The van der Waals surface area contributed by atoms with Gasteiger partial charge in [0.1, 0.15) is 6.29 Å². The van der Waals surface area contributed by atoms with E-state index in [0.717, 1.165) is 12.7 Å². The maximum absolute atomic E-state index is 10.1. The number of aldehydes is 1. The van der Waals surface area contributed by atoms with Crippen molar-refractivity contribution in [3.63, 3.8) is 0 Å². The normalized spacial score (nSPS) is 15.1. The van der Waals surface area contributed by atoms with Crippen molar-refractivity contribution in [1.82, 2.24) is 0 Å². The van der Waals surface area contributed by atoms with Crippen LogP contribution < -0.4 is 0 Å². The molecule has 0 aromatic heterocycles. The van der Waals surface area contributed by atoms with Crippen LogP contribution in [0.5, 0.6) is 0 Å². The van der Waals surface area contributed by atoms with Gasteiger partial charge >= 0.3 is 0 Å². The molecule has 0 radical (unpaired) electrons. The summed E-state index contributed by atoms with van der Waals surface area (Å²) in [6.07, 6.45) is 1.84. The van der Waals surface area contributed by atoms with Gasteiger partial charge in [-0.1, -0.05) is 36.7 Å². The molecule has 0 spiro atoms. The zero-order chi connectivity index (χ0) is 7.49. The van der Waals surface area contributed by atoms with Crippen molar-refractivity contribution in [2.45, 2.75) is 32.0 Å². The number of halogens is 1. The fourth-order valence-corrected chi connectivity index (χ4v) is 1.60. The van der Waals surface area contributed by atoms with E-state index in [1.807, 2.05) is 0 Å². The summed E-state index contributed by atoms with van der Waals surface area (Å²) in [5, 5.41) is 0. The standard InChI is InChI=1S/C7H13BrO/c1-7(2,3)4-6(8)5-9/h5-6H,4H2,1-3H3. The first-order valence-electron chi connectivity index (χ1n) is 3.05. The van der Waals surface area contributed by atoms with Gasteiger partial charge in [-0.05, 0) is 11.8 Å². The Kier molecular flexibility index (Phi) is 3.41. The number of rotatable bonds is 2. The molecule has 0 fully saturated rings. The fraction of sp³-hybridized carbons (Fsp3) is 0.857. The van der Waals surface area contributed by atoms with E-state index >= 15 is 0 Å². The van der Waals surface area contributed by atoms with Crippen molar-refractivity contribution in [2.75, 3.05) is 0 Å². The van der Waals surface area contributed by atoms with Crippen LogP contribution in [-0.2, 0) is 4.79 Å². The molecule has 0 aliphatic rings. The van der Waals surface area contributed by atoms with Crippen molar-refractivity contribution in [3.8, 4) is 0 Å². The van der Waals surface area contributed by atoms with Gasteiger partial charge in [0, 0.05) is 0 Å². The summed E-state index contributed by atoms with van der Waals surface area (Å²) >= 11 is 3.24. The van der Waals surface area contributed by atoms with Crippen molar-refractivity contribution < 1.29 is 4.79 Å². The second kappa shape index (κ2) is 3.35. The molecule has 1 unspecified atom stereocenters. The quantitative estimate of drug-likeness (QED) is 0.486. The molecule has 0 aliphatic heterocycles. The minimum Gasteiger partial charge on any atom is -0.302 e. The van der Waals surface area contributed by atoms with Crippen LogP contribution in [0, 0.1) is 5.41 Å². The molecule has 1 nitrogen and oxygen atoms in total. The summed E-state index contributed by atoms with van der Waals surface area (Å²) in [5.74, 6) is 0. The zero-order valence-electron chi connectivity index (χ0n) is 6.15. The van der Waals surface area contributed by atoms with E-state index in [1.165, 1.54) is 0 Å². The number of alkyl halides is 1. The van der Waals surface area contributed by atoms with Crippen LogP contribution in [-0.4, -0.2) is 11.1 Å². The summed E-state index contributed by atoms with van der Waals surface area (Å²) in [6.45, 7) is 6.35. The third-order valence-electron chi connectivity index (χ3n) is 0.955. The average Bonchev–Trinajstić information content (AvgIpc) is 1.62. The molecule has 0 aromatic carbocycles. The molecule has 0 aliphatic carbocycles. The van der Waals surface area contributed by atoms with Gasteiger partial charge in [-0.2, -0.15) is 0 Å². The Bertz CT molecular complexity index is 93.6. The Balaban J connectivity index is 3.59. The molecule has 0 bridgehead atoms. The van der Waals surface area contributed by atoms with Gasteiger partial charge in [0.15, 0.2) is 0 Å². The summed E-state index contributed by atoms with van der Waals surface area (Å²) in [6, 6.07) is 0. The molecule has 0 saturated carbocycles. The Morgan fingerprint density at radius 1 is 1.56 bits per heavy atom. The molecule has 54 valence electrons. The molecule has 0 heterocycles. The SMILES string of the molecule is CC(C)(C)CC(Br)C=O. The monoisotopic (exact) mass is 192 g/mol. The highest BCUT2D eigenvalue weighted by atomic mass is 79.9. The van der Waals surface area contributed by atoms with Crippen LogP contribution in [0.15, 0.2) is 0 Å². The van der Waals surface area contributed by atoms with E-state index in [1.54, 1.807) is 0 Å². The Morgan fingerprint density at radius 3 is 2.11 bits per heavy atom. The third-order valence-corrected chi connectivity index (χ3v) is 1.49. The van der Waals surface area contributed by atoms with Crippen LogP contribution in [0.2, 0.25) is 0 Å². The molecule has 0 N–H and O–H groups in total. The van der Waals surface area contributed by atoms with Crippen LogP contribution >= 0.6 is 15.9 Å². The van der Waals surface area contributed by atoms with Crippen LogP contribution in [0.1, 0.15) is 27.2 Å². The van der Waals surface area contributed by atoms with E-state index in [4.69, 9.17) is 0 Å². The van der Waals surface area contributed by atoms with Gasteiger partial charge in [0.05, 0.1) is 4.83 Å². The second-order valence-corrected chi connectivity index (χ2v) is 4.59. The molecule has 2 heteroatoms. The summed E-state index contributed by atoms with van der Waals surface area (Å²) in [7, 11) is 0. The minimum atomic E-state index is 0.0255. The zero-order valence-corrected chi connectivity index (χ0v) is 7.73. The van der Waals surface area contributed by atoms with Gasteiger partial charge in [0.25, 0.3) is 0 Å². The average molecular weight is 193 g/mol. The summed E-state index contributed by atoms with van der Waals surface area (Å²) < 4.78 is 0. The first-order valence-corrected chi connectivity index (χ1v) is 3.96. The highest BCUT2D eigenvalue weighted by Gasteiger charge is 2.14. The molecular formula is C7H13BrO. The van der Waals surface area contributed by atoms with Gasteiger partial charge < -0.3 is 4.79 Å². The third kappa shape index (κ3) is 6.03. The number of carbonyl (C=O) groups is 1. The molecule has 0 saturated heterocycles. The van der Waals surface area contributed by atoms with Crippen molar-refractivity contribution >= 4 is 22.2 Å². The lowest BCUT2D eigenvalue weighted by atomic mass is 9.91. The second-order valence-electron chi connectivity index (χ2n) is 3.42.